The van der Waals surface area contributed by atoms with Gasteiger partial charge in [0.05, 0.1) is 22.3 Å². The highest BCUT2D eigenvalue weighted by atomic mass is 32.2. The number of benzene rings is 2. The first-order valence-corrected chi connectivity index (χ1v) is 13.2. The molecule has 1 amide bonds. The molecule has 1 aliphatic rings. The third-order valence-corrected chi connectivity index (χ3v) is 9.04. The van der Waals surface area contributed by atoms with E-state index in [4.69, 9.17) is 4.42 Å². The number of sulfonamides is 2. The molecule has 2 aromatic carbocycles. The quantitative estimate of drug-likeness (QED) is 0.385. The van der Waals surface area contributed by atoms with Gasteiger partial charge in [0.2, 0.25) is 20.0 Å². The van der Waals surface area contributed by atoms with Crippen molar-refractivity contribution >= 4 is 32.2 Å². The highest BCUT2D eigenvalue weighted by Crippen LogP contribution is 2.25. The molecular weight excluding hydrogens is 480 g/mol. The normalized spacial score (nSPS) is 18.2. The minimum Gasteiger partial charge on any atom is -0.463 e. The Morgan fingerprint density at radius 2 is 1.50 bits per heavy atom. The monoisotopic (exact) mass is 502 g/mol. The van der Waals surface area contributed by atoms with E-state index in [1.54, 1.807) is 48.5 Å². The van der Waals surface area contributed by atoms with Crippen molar-refractivity contribution in [2.45, 2.75) is 15.8 Å². The molecule has 0 radical (unpaired) electrons. The van der Waals surface area contributed by atoms with Gasteiger partial charge in [0.1, 0.15) is 11.8 Å². The van der Waals surface area contributed by atoms with E-state index in [0.29, 0.717) is 5.76 Å². The van der Waals surface area contributed by atoms with Crippen LogP contribution in [-0.2, 0) is 24.8 Å². The van der Waals surface area contributed by atoms with Gasteiger partial charge in [-0.3, -0.25) is 4.79 Å². The Morgan fingerprint density at radius 1 is 0.882 bits per heavy atom. The van der Waals surface area contributed by atoms with Crippen molar-refractivity contribution in [1.82, 2.24) is 14.0 Å². The number of hydrogen-bond donors (Lipinski definition) is 1. The van der Waals surface area contributed by atoms with Crippen molar-refractivity contribution in [2.24, 2.45) is 5.10 Å². The van der Waals surface area contributed by atoms with Crippen LogP contribution in [0.25, 0.3) is 0 Å². The maximum Gasteiger partial charge on any atom is 0.259 e. The summed E-state index contributed by atoms with van der Waals surface area (Å²) in [7, 11) is -8.02. The van der Waals surface area contributed by atoms with Crippen LogP contribution in [0.15, 0.2) is 98.4 Å². The smallest absolute Gasteiger partial charge is 0.259 e. The van der Waals surface area contributed by atoms with E-state index in [1.807, 2.05) is 0 Å². The summed E-state index contributed by atoms with van der Waals surface area (Å²) in [5.41, 5.74) is 2.30. The third kappa shape index (κ3) is 4.94. The first-order chi connectivity index (χ1) is 16.3. The maximum atomic E-state index is 13.3. The molecule has 12 heteroatoms. The highest BCUT2D eigenvalue weighted by Gasteiger charge is 2.43. The van der Waals surface area contributed by atoms with Gasteiger partial charge in [-0.15, -0.1) is 0 Å². The predicted octanol–water partition coefficient (Wildman–Crippen LogP) is 1.49. The number of furan rings is 1. The lowest BCUT2D eigenvalue weighted by atomic mass is 10.2. The topological polar surface area (TPSA) is 129 Å². The number of rotatable bonds is 7. The van der Waals surface area contributed by atoms with Gasteiger partial charge in [-0.2, -0.15) is 13.7 Å². The van der Waals surface area contributed by atoms with Gasteiger partial charge < -0.3 is 4.42 Å². The Labute approximate surface area is 197 Å². The summed E-state index contributed by atoms with van der Waals surface area (Å²) in [4.78, 5) is 13.1. The lowest BCUT2D eigenvalue weighted by Gasteiger charge is -2.38. The molecule has 0 aliphatic carbocycles. The molecule has 1 N–H and O–H groups in total. The summed E-state index contributed by atoms with van der Waals surface area (Å²) in [6.07, 6.45) is 2.69. The van der Waals surface area contributed by atoms with Crippen molar-refractivity contribution in [3.05, 3.63) is 84.8 Å². The Bertz CT molecular complexity index is 1360. The second kappa shape index (κ2) is 9.89. The summed E-state index contributed by atoms with van der Waals surface area (Å²) in [6.45, 7) is -0.683. The molecule has 1 aromatic heterocycles. The van der Waals surface area contributed by atoms with Crippen LogP contribution in [0.3, 0.4) is 0 Å². The van der Waals surface area contributed by atoms with Crippen molar-refractivity contribution in [3.63, 3.8) is 0 Å². The van der Waals surface area contributed by atoms with Gasteiger partial charge in [0.25, 0.3) is 5.91 Å². The highest BCUT2D eigenvalue weighted by molar-refractivity contribution is 7.89. The summed E-state index contributed by atoms with van der Waals surface area (Å²) in [5, 5.41) is 3.82. The Balaban J connectivity index is 1.63. The first-order valence-electron chi connectivity index (χ1n) is 10.3. The van der Waals surface area contributed by atoms with Crippen LogP contribution in [0.4, 0.5) is 0 Å². The van der Waals surface area contributed by atoms with Crippen LogP contribution in [0.2, 0.25) is 0 Å². The van der Waals surface area contributed by atoms with Gasteiger partial charge in [0.15, 0.2) is 0 Å². The molecule has 2 heterocycles. The molecule has 3 aromatic rings. The fourth-order valence-corrected chi connectivity index (χ4v) is 6.58. The third-order valence-electron chi connectivity index (χ3n) is 5.24. The van der Waals surface area contributed by atoms with Gasteiger partial charge in [-0.1, -0.05) is 36.4 Å². The predicted molar refractivity (Wildman–Crippen MR) is 124 cm³/mol. The Kier molecular flexibility index (Phi) is 6.93. The van der Waals surface area contributed by atoms with Crippen molar-refractivity contribution in [2.75, 3.05) is 19.6 Å². The molecule has 1 aliphatic heterocycles. The summed E-state index contributed by atoms with van der Waals surface area (Å²) in [6, 6.07) is 17.4. The minimum atomic E-state index is -4.08. The van der Waals surface area contributed by atoms with Gasteiger partial charge in [0, 0.05) is 19.6 Å². The number of hydrazone groups is 1. The average Bonchev–Trinajstić information content (AvgIpc) is 3.38. The van der Waals surface area contributed by atoms with E-state index >= 15 is 0 Å². The number of carbonyl (C=O) groups is 1. The number of carbonyl (C=O) groups excluding carboxylic acids is 1. The minimum absolute atomic E-state index is 0.00579. The fraction of sp³-hybridized carbons (Fsp3) is 0.182. The standard InChI is InChI=1S/C22H22N4O6S2/c27-22(24-23-16-18-8-7-15-32-18)21-17-25(33(28,29)19-9-3-1-4-10-19)13-14-26(21)34(30,31)20-11-5-2-6-12-20/h1-12,15-16,21H,13-14,17H2,(H,24,27). The Hall–Kier alpha value is -3.32. The second-order valence-corrected chi connectivity index (χ2v) is 11.2. The van der Waals surface area contributed by atoms with E-state index in [0.717, 1.165) is 8.61 Å². The van der Waals surface area contributed by atoms with E-state index in [1.165, 1.54) is 36.7 Å². The summed E-state index contributed by atoms with van der Waals surface area (Å²) < 4.78 is 60.1. The fourth-order valence-electron chi connectivity index (χ4n) is 3.53. The summed E-state index contributed by atoms with van der Waals surface area (Å²) >= 11 is 0. The number of nitrogens with one attached hydrogen (secondary N) is 1. The molecule has 1 saturated heterocycles. The van der Waals surface area contributed by atoms with Crippen LogP contribution in [-0.4, -0.2) is 63.2 Å². The molecule has 0 bridgehead atoms. The number of piperazine rings is 1. The molecule has 178 valence electrons. The van der Waals surface area contributed by atoms with Gasteiger partial charge >= 0.3 is 0 Å². The van der Waals surface area contributed by atoms with Crippen LogP contribution in [0.5, 0.6) is 0 Å². The molecule has 34 heavy (non-hydrogen) atoms. The van der Waals surface area contributed by atoms with E-state index in [9.17, 15) is 21.6 Å². The van der Waals surface area contributed by atoms with Crippen molar-refractivity contribution in [1.29, 1.82) is 0 Å². The van der Waals surface area contributed by atoms with Crippen LogP contribution >= 0.6 is 0 Å². The zero-order valence-corrected chi connectivity index (χ0v) is 19.5. The molecule has 1 unspecified atom stereocenters. The molecular formula is C22H22N4O6S2. The van der Waals surface area contributed by atoms with Crippen molar-refractivity contribution in [3.8, 4) is 0 Å². The molecule has 10 nitrogen and oxygen atoms in total. The first kappa shape index (κ1) is 23.8. The molecule has 0 saturated carbocycles. The van der Waals surface area contributed by atoms with Gasteiger partial charge in [-0.25, -0.2) is 22.3 Å². The second-order valence-electron chi connectivity index (χ2n) is 7.37. The van der Waals surface area contributed by atoms with Crippen LogP contribution in [0.1, 0.15) is 5.76 Å². The Morgan fingerprint density at radius 3 is 2.09 bits per heavy atom. The molecule has 4 rings (SSSR count). The largest absolute Gasteiger partial charge is 0.463 e. The van der Waals surface area contributed by atoms with E-state index in [2.05, 4.69) is 10.5 Å². The number of amides is 1. The number of hydrogen-bond acceptors (Lipinski definition) is 7. The average molecular weight is 503 g/mol. The molecule has 0 spiro atoms. The number of nitrogens with zero attached hydrogens (tertiary/aromatic N) is 3. The zero-order valence-electron chi connectivity index (χ0n) is 17.9. The van der Waals surface area contributed by atoms with Gasteiger partial charge in [-0.05, 0) is 36.4 Å². The maximum absolute atomic E-state index is 13.3. The zero-order chi connectivity index (χ0) is 24.2. The van der Waals surface area contributed by atoms with Crippen molar-refractivity contribution < 1.29 is 26.0 Å². The molecule has 1 atom stereocenters. The van der Waals surface area contributed by atoms with Crippen LogP contribution in [0, 0.1) is 0 Å². The van der Waals surface area contributed by atoms with E-state index in [-0.39, 0.29) is 29.4 Å². The van der Waals surface area contributed by atoms with Crippen LogP contribution < -0.4 is 5.43 Å². The van der Waals surface area contributed by atoms with E-state index < -0.39 is 32.0 Å². The molecule has 1 fully saturated rings. The lowest BCUT2D eigenvalue weighted by molar-refractivity contribution is -0.125. The summed E-state index contributed by atoms with van der Waals surface area (Å²) in [5.74, 6) is -0.388. The lowest BCUT2D eigenvalue weighted by Crippen LogP contribution is -2.60. The SMILES string of the molecule is O=C(NN=Cc1ccco1)C1CN(S(=O)(=O)c2ccccc2)CCN1S(=O)(=O)c1ccccc1.